The minimum atomic E-state index is -1.27. The highest BCUT2D eigenvalue weighted by Crippen LogP contribution is 2.29. The van der Waals surface area contributed by atoms with E-state index in [2.05, 4.69) is 12.6 Å². The molecule has 0 aromatic heterocycles. The number of nitrogens with zero attached hydrogens (tertiary/aromatic N) is 1. The van der Waals surface area contributed by atoms with Crippen molar-refractivity contribution in [1.82, 2.24) is 4.90 Å². The number of carboxylic acids is 1. The predicted molar refractivity (Wildman–Crippen MR) is 77.9 cm³/mol. The summed E-state index contributed by atoms with van der Waals surface area (Å²) in [5.74, 6) is -1.49. The van der Waals surface area contributed by atoms with Crippen LogP contribution in [0.1, 0.15) is 10.4 Å². The summed E-state index contributed by atoms with van der Waals surface area (Å²) in [4.78, 5) is 24.4. The first-order chi connectivity index (χ1) is 9.93. The first kappa shape index (κ1) is 15.5. The van der Waals surface area contributed by atoms with Crippen LogP contribution in [0, 0.1) is 0 Å². The minimum Gasteiger partial charge on any atom is -0.507 e. The van der Waals surface area contributed by atoms with Crippen molar-refractivity contribution in [3.63, 3.8) is 0 Å². The van der Waals surface area contributed by atoms with Gasteiger partial charge in [0.2, 0.25) is 5.91 Å². The Morgan fingerprint density at radius 3 is 2.71 bits per heavy atom. The number of hydrogen-bond donors (Lipinski definition) is 4. The Labute approximate surface area is 126 Å². The van der Waals surface area contributed by atoms with Crippen molar-refractivity contribution >= 4 is 24.5 Å². The maximum absolute atomic E-state index is 11.7. The number of amides is 1. The van der Waals surface area contributed by atoms with Gasteiger partial charge in [0.25, 0.3) is 0 Å². The number of carbonyl (C=O) groups is 2. The first-order valence-electron chi connectivity index (χ1n) is 6.31. The maximum Gasteiger partial charge on any atom is 0.343 e. The lowest BCUT2D eigenvalue weighted by Crippen LogP contribution is -2.60. The number of thiol groups is 1. The molecule has 4 N–H and O–H groups in total. The summed E-state index contributed by atoms with van der Waals surface area (Å²) in [6, 6.07) is 3.59. The molecule has 2 rings (SSSR count). The highest BCUT2D eigenvalue weighted by molar-refractivity contribution is 7.80. The smallest absolute Gasteiger partial charge is 0.343 e. The Morgan fingerprint density at radius 1 is 1.48 bits per heavy atom. The van der Waals surface area contributed by atoms with Crippen LogP contribution < -0.4 is 10.5 Å². The monoisotopic (exact) mass is 312 g/mol. The molecule has 1 aromatic rings. The van der Waals surface area contributed by atoms with E-state index in [4.69, 9.17) is 15.6 Å². The van der Waals surface area contributed by atoms with Gasteiger partial charge in [-0.2, -0.15) is 12.6 Å². The number of phenols is 1. The molecule has 1 heterocycles. The van der Waals surface area contributed by atoms with Crippen molar-refractivity contribution in [1.29, 1.82) is 0 Å². The summed E-state index contributed by atoms with van der Waals surface area (Å²) in [5, 5.41) is 18.6. The second-order valence-electron chi connectivity index (χ2n) is 4.73. The Bertz CT molecular complexity index is 559. The molecular weight excluding hydrogens is 296 g/mol. The summed E-state index contributed by atoms with van der Waals surface area (Å²) < 4.78 is 5.52. The van der Waals surface area contributed by atoms with Crippen LogP contribution in [0.4, 0.5) is 0 Å². The molecule has 0 aliphatic carbocycles. The van der Waals surface area contributed by atoms with E-state index in [1.807, 2.05) is 0 Å². The fourth-order valence-electron chi connectivity index (χ4n) is 2.02. The van der Waals surface area contributed by atoms with Crippen molar-refractivity contribution < 1.29 is 24.5 Å². The average molecular weight is 312 g/mol. The van der Waals surface area contributed by atoms with Gasteiger partial charge in [-0.15, -0.1) is 0 Å². The van der Waals surface area contributed by atoms with Crippen LogP contribution in [0.15, 0.2) is 18.2 Å². The van der Waals surface area contributed by atoms with Gasteiger partial charge in [-0.3, -0.25) is 4.79 Å². The predicted octanol–water partition coefficient (Wildman–Crippen LogP) is -0.0629. The molecule has 1 aliphatic heterocycles. The largest absolute Gasteiger partial charge is 0.507 e. The van der Waals surface area contributed by atoms with Gasteiger partial charge in [-0.25, -0.2) is 4.79 Å². The molecule has 0 radical (unpaired) electrons. The molecule has 0 bridgehead atoms. The van der Waals surface area contributed by atoms with E-state index in [9.17, 15) is 14.7 Å². The SMILES string of the molecule is N[C@H](CS)C(=O)N1CC(Oc2cccc(O)c2C(=O)O)C1. The quantitative estimate of drug-likeness (QED) is 0.566. The molecule has 1 aromatic carbocycles. The minimum absolute atomic E-state index is 0.0816. The molecule has 0 spiro atoms. The van der Waals surface area contributed by atoms with E-state index in [-0.39, 0.29) is 34.8 Å². The van der Waals surface area contributed by atoms with Crippen molar-refractivity contribution in [2.24, 2.45) is 5.73 Å². The van der Waals surface area contributed by atoms with Crippen LogP contribution in [-0.2, 0) is 4.79 Å². The van der Waals surface area contributed by atoms with Gasteiger partial charge in [-0.1, -0.05) is 6.07 Å². The van der Waals surface area contributed by atoms with Crippen LogP contribution in [-0.4, -0.2) is 58.0 Å². The molecule has 1 amide bonds. The molecule has 8 heteroatoms. The standard InChI is InChI=1S/C13H16N2O5S/c14-8(6-21)12(17)15-4-7(5-15)20-10-3-1-2-9(16)11(10)13(18)19/h1-3,7-8,16,21H,4-6,14H2,(H,18,19)/t8-/m1/s1. The van der Waals surface area contributed by atoms with E-state index in [0.29, 0.717) is 13.1 Å². The Morgan fingerprint density at radius 2 is 2.14 bits per heavy atom. The van der Waals surface area contributed by atoms with Gasteiger partial charge in [-0.05, 0) is 12.1 Å². The average Bonchev–Trinajstić information content (AvgIpc) is 2.40. The van der Waals surface area contributed by atoms with E-state index in [0.717, 1.165) is 0 Å². The number of nitrogens with two attached hydrogens (primary N) is 1. The zero-order valence-corrected chi connectivity index (χ0v) is 12.0. The zero-order valence-electron chi connectivity index (χ0n) is 11.1. The van der Waals surface area contributed by atoms with Gasteiger partial charge in [0.15, 0.2) is 0 Å². The van der Waals surface area contributed by atoms with Crippen molar-refractivity contribution in [2.45, 2.75) is 12.1 Å². The molecule has 114 valence electrons. The number of carboxylic acid groups (broad SMARTS) is 1. The Kier molecular flexibility index (Phi) is 4.59. The van der Waals surface area contributed by atoms with Gasteiger partial charge >= 0.3 is 5.97 Å². The van der Waals surface area contributed by atoms with E-state index < -0.39 is 12.0 Å². The van der Waals surface area contributed by atoms with Crippen LogP contribution in [0.5, 0.6) is 11.5 Å². The third-order valence-electron chi connectivity index (χ3n) is 3.19. The lowest BCUT2D eigenvalue weighted by molar-refractivity contribution is -0.140. The van der Waals surface area contributed by atoms with E-state index >= 15 is 0 Å². The third kappa shape index (κ3) is 3.22. The third-order valence-corrected chi connectivity index (χ3v) is 3.58. The number of aromatic carboxylic acids is 1. The summed E-state index contributed by atoms with van der Waals surface area (Å²) >= 11 is 3.97. The summed E-state index contributed by atoms with van der Waals surface area (Å²) in [6.45, 7) is 0.657. The summed E-state index contributed by atoms with van der Waals surface area (Å²) in [5.41, 5.74) is 5.31. The number of hydrogen-bond acceptors (Lipinski definition) is 6. The number of carbonyl (C=O) groups excluding carboxylic acids is 1. The molecule has 1 aliphatic rings. The van der Waals surface area contributed by atoms with Crippen molar-refractivity contribution in [2.75, 3.05) is 18.8 Å². The first-order valence-corrected chi connectivity index (χ1v) is 6.94. The fraction of sp³-hybridized carbons (Fsp3) is 0.385. The van der Waals surface area contributed by atoms with Gasteiger partial charge < -0.3 is 25.6 Å². The maximum atomic E-state index is 11.7. The second kappa shape index (κ2) is 6.23. The molecule has 0 saturated carbocycles. The number of rotatable bonds is 5. The topological polar surface area (TPSA) is 113 Å². The number of likely N-dealkylation sites (tertiary alicyclic amines) is 1. The second-order valence-corrected chi connectivity index (χ2v) is 5.09. The van der Waals surface area contributed by atoms with Gasteiger partial charge in [0, 0.05) is 5.75 Å². The number of aromatic hydroxyl groups is 1. The van der Waals surface area contributed by atoms with Crippen LogP contribution >= 0.6 is 12.6 Å². The van der Waals surface area contributed by atoms with E-state index in [1.54, 1.807) is 0 Å². The lowest BCUT2D eigenvalue weighted by atomic mass is 10.1. The fourth-order valence-corrected chi connectivity index (χ4v) is 2.17. The molecule has 1 atom stereocenters. The molecular formula is C13H16N2O5S. The van der Waals surface area contributed by atoms with Crippen molar-refractivity contribution in [3.05, 3.63) is 23.8 Å². The highest BCUT2D eigenvalue weighted by atomic mass is 32.1. The summed E-state index contributed by atoms with van der Waals surface area (Å²) in [6.07, 6.45) is -0.319. The van der Waals surface area contributed by atoms with Gasteiger partial charge in [0.05, 0.1) is 19.1 Å². The Balaban J connectivity index is 1.99. The summed E-state index contributed by atoms with van der Waals surface area (Å²) in [7, 11) is 0. The molecule has 21 heavy (non-hydrogen) atoms. The normalized spacial score (nSPS) is 16.2. The number of benzene rings is 1. The van der Waals surface area contributed by atoms with E-state index in [1.165, 1.54) is 23.1 Å². The van der Waals surface area contributed by atoms with Crippen molar-refractivity contribution in [3.8, 4) is 11.5 Å². The lowest BCUT2D eigenvalue weighted by Gasteiger charge is -2.40. The van der Waals surface area contributed by atoms with Gasteiger partial charge in [0.1, 0.15) is 23.2 Å². The molecule has 0 unspecified atom stereocenters. The molecule has 1 saturated heterocycles. The number of ether oxygens (including phenoxy) is 1. The Hall–Kier alpha value is -1.93. The van der Waals surface area contributed by atoms with Crippen LogP contribution in [0.3, 0.4) is 0 Å². The highest BCUT2D eigenvalue weighted by Gasteiger charge is 2.35. The molecule has 7 nitrogen and oxygen atoms in total. The molecule has 1 fully saturated rings. The van der Waals surface area contributed by atoms with Crippen LogP contribution in [0.25, 0.3) is 0 Å². The zero-order chi connectivity index (χ0) is 15.6. The van der Waals surface area contributed by atoms with Crippen LogP contribution in [0.2, 0.25) is 0 Å².